The first kappa shape index (κ1) is 17.2. The number of likely N-dealkylation sites (N-methyl/N-ethyl adjacent to an activating group) is 1. The quantitative estimate of drug-likeness (QED) is 0.614. The summed E-state index contributed by atoms with van der Waals surface area (Å²) >= 11 is 1.51. The number of amides is 1. The number of hydrogen-bond acceptors (Lipinski definition) is 5. The van der Waals surface area contributed by atoms with Gasteiger partial charge in [-0.3, -0.25) is 4.79 Å². The fraction of sp³-hybridized carbons (Fsp3) is 0.471. The van der Waals surface area contributed by atoms with E-state index in [0.717, 1.165) is 24.1 Å². The average Bonchev–Trinajstić information content (AvgIpc) is 3.11. The lowest BCUT2D eigenvalue weighted by molar-refractivity contribution is -0.150. The van der Waals surface area contributed by atoms with Crippen LogP contribution in [0.5, 0.6) is 0 Å². The standard InChI is InChI=1S/C17H20N2O3S/c1-19(17(13-18)9-3-2-4-10-17)15(20)12-22-16(21)8-7-14-6-5-11-23-14/h5-8,11H,2-4,9-10,12H2,1H3/b8-7+. The van der Waals surface area contributed by atoms with Crippen molar-refractivity contribution >= 4 is 29.3 Å². The number of carbonyl (C=O) groups is 2. The van der Waals surface area contributed by atoms with Gasteiger partial charge in [-0.05, 0) is 30.4 Å². The molecule has 5 nitrogen and oxygen atoms in total. The summed E-state index contributed by atoms with van der Waals surface area (Å²) in [6.45, 7) is -0.340. The van der Waals surface area contributed by atoms with E-state index in [1.807, 2.05) is 17.5 Å². The number of nitriles is 1. The van der Waals surface area contributed by atoms with Crippen LogP contribution in [0.25, 0.3) is 6.08 Å². The van der Waals surface area contributed by atoms with E-state index in [4.69, 9.17) is 4.74 Å². The fourth-order valence-electron chi connectivity index (χ4n) is 2.71. The molecule has 23 heavy (non-hydrogen) atoms. The molecule has 0 radical (unpaired) electrons. The van der Waals surface area contributed by atoms with Crippen LogP contribution in [0.2, 0.25) is 0 Å². The number of hydrogen-bond donors (Lipinski definition) is 0. The first-order valence-corrected chi connectivity index (χ1v) is 8.52. The minimum Gasteiger partial charge on any atom is -0.452 e. The van der Waals surface area contributed by atoms with Crippen LogP contribution >= 0.6 is 11.3 Å². The van der Waals surface area contributed by atoms with Gasteiger partial charge in [0.2, 0.25) is 0 Å². The Bertz CT molecular complexity index is 610. The number of ether oxygens (including phenoxy) is 1. The summed E-state index contributed by atoms with van der Waals surface area (Å²) in [5.74, 6) is -0.902. The second kappa shape index (κ2) is 7.93. The Morgan fingerprint density at radius 3 is 2.78 bits per heavy atom. The number of thiophene rings is 1. The lowest BCUT2D eigenvalue weighted by Crippen LogP contribution is -2.51. The largest absolute Gasteiger partial charge is 0.452 e. The van der Waals surface area contributed by atoms with Crippen LogP contribution in [0.15, 0.2) is 23.6 Å². The molecule has 0 atom stereocenters. The third-order valence-electron chi connectivity index (χ3n) is 4.17. The van der Waals surface area contributed by atoms with Crippen LogP contribution in [0.3, 0.4) is 0 Å². The predicted molar refractivity (Wildman–Crippen MR) is 88.5 cm³/mol. The van der Waals surface area contributed by atoms with Crippen molar-refractivity contribution in [2.24, 2.45) is 0 Å². The number of carbonyl (C=O) groups excluding carboxylic acids is 2. The summed E-state index contributed by atoms with van der Waals surface area (Å²) < 4.78 is 4.98. The molecule has 0 bridgehead atoms. The Hall–Kier alpha value is -2.13. The molecule has 2 rings (SSSR count). The molecular formula is C17H20N2O3S. The summed E-state index contributed by atoms with van der Waals surface area (Å²) in [5, 5.41) is 11.4. The topological polar surface area (TPSA) is 70.4 Å². The molecular weight excluding hydrogens is 312 g/mol. The maximum atomic E-state index is 12.2. The number of esters is 1. The summed E-state index contributed by atoms with van der Waals surface area (Å²) in [6.07, 6.45) is 7.28. The van der Waals surface area contributed by atoms with Crippen LogP contribution in [0, 0.1) is 11.3 Å². The first-order valence-electron chi connectivity index (χ1n) is 7.64. The highest BCUT2D eigenvalue weighted by atomic mass is 32.1. The molecule has 0 aliphatic heterocycles. The normalized spacial score (nSPS) is 16.7. The third kappa shape index (κ3) is 4.42. The van der Waals surface area contributed by atoms with Gasteiger partial charge >= 0.3 is 5.97 Å². The van der Waals surface area contributed by atoms with Gasteiger partial charge in [0.05, 0.1) is 6.07 Å². The number of nitrogens with zero attached hydrogens (tertiary/aromatic N) is 2. The molecule has 1 fully saturated rings. The maximum Gasteiger partial charge on any atom is 0.331 e. The van der Waals surface area contributed by atoms with E-state index in [-0.39, 0.29) is 12.5 Å². The molecule has 1 heterocycles. The molecule has 1 aromatic heterocycles. The summed E-state index contributed by atoms with van der Waals surface area (Å²) in [6, 6.07) is 6.05. The van der Waals surface area contributed by atoms with Crippen LogP contribution in [-0.4, -0.2) is 36.0 Å². The summed E-state index contributed by atoms with van der Waals surface area (Å²) in [4.78, 5) is 26.3. The molecule has 0 spiro atoms. The van der Waals surface area contributed by atoms with E-state index >= 15 is 0 Å². The van der Waals surface area contributed by atoms with Crippen molar-refractivity contribution in [3.63, 3.8) is 0 Å². The van der Waals surface area contributed by atoms with Gasteiger partial charge in [0, 0.05) is 18.0 Å². The molecule has 6 heteroatoms. The van der Waals surface area contributed by atoms with Gasteiger partial charge < -0.3 is 9.64 Å². The van der Waals surface area contributed by atoms with Gasteiger partial charge in [0.1, 0.15) is 5.54 Å². The van der Waals surface area contributed by atoms with Crippen LogP contribution in [-0.2, 0) is 14.3 Å². The zero-order valence-corrected chi connectivity index (χ0v) is 14.0. The molecule has 1 aliphatic rings. The van der Waals surface area contributed by atoms with Gasteiger partial charge in [-0.15, -0.1) is 11.3 Å². The summed E-state index contributed by atoms with van der Waals surface area (Å²) in [7, 11) is 1.62. The highest BCUT2D eigenvalue weighted by Gasteiger charge is 2.38. The minimum absolute atomic E-state index is 0.340. The third-order valence-corrected chi connectivity index (χ3v) is 5.01. The Morgan fingerprint density at radius 1 is 1.43 bits per heavy atom. The zero-order chi connectivity index (χ0) is 16.7. The van der Waals surface area contributed by atoms with Gasteiger partial charge in [-0.25, -0.2) is 4.79 Å². The predicted octanol–water partition coefficient (Wildman–Crippen LogP) is 2.99. The van der Waals surface area contributed by atoms with Crippen molar-refractivity contribution in [2.75, 3.05) is 13.7 Å². The van der Waals surface area contributed by atoms with Crippen molar-refractivity contribution in [1.29, 1.82) is 5.26 Å². The average molecular weight is 332 g/mol. The Balaban J connectivity index is 1.86. The second-order valence-electron chi connectivity index (χ2n) is 5.61. The van der Waals surface area contributed by atoms with Gasteiger partial charge in [0.15, 0.2) is 6.61 Å². The van der Waals surface area contributed by atoms with Gasteiger partial charge in [-0.1, -0.05) is 25.3 Å². The fourth-order valence-corrected chi connectivity index (χ4v) is 3.33. The van der Waals surface area contributed by atoms with Crippen molar-refractivity contribution in [2.45, 2.75) is 37.6 Å². The van der Waals surface area contributed by atoms with E-state index < -0.39 is 11.5 Å². The molecule has 1 aromatic rings. The monoisotopic (exact) mass is 332 g/mol. The van der Waals surface area contributed by atoms with Gasteiger partial charge in [0.25, 0.3) is 5.91 Å². The van der Waals surface area contributed by atoms with Crippen molar-refractivity contribution < 1.29 is 14.3 Å². The Labute approximate surface area is 140 Å². The molecule has 0 unspecified atom stereocenters. The van der Waals surface area contributed by atoms with Crippen LogP contribution < -0.4 is 0 Å². The Kier molecular flexibility index (Phi) is 5.94. The van der Waals surface area contributed by atoms with Crippen molar-refractivity contribution in [3.05, 3.63) is 28.5 Å². The smallest absolute Gasteiger partial charge is 0.331 e. The zero-order valence-electron chi connectivity index (χ0n) is 13.2. The lowest BCUT2D eigenvalue weighted by atomic mass is 9.81. The van der Waals surface area contributed by atoms with Gasteiger partial charge in [-0.2, -0.15) is 5.26 Å². The van der Waals surface area contributed by atoms with Crippen molar-refractivity contribution in [3.8, 4) is 6.07 Å². The molecule has 1 aliphatic carbocycles. The highest BCUT2D eigenvalue weighted by molar-refractivity contribution is 7.10. The van der Waals surface area contributed by atoms with E-state index in [1.165, 1.54) is 22.3 Å². The first-order chi connectivity index (χ1) is 11.1. The molecule has 122 valence electrons. The second-order valence-corrected chi connectivity index (χ2v) is 6.59. The summed E-state index contributed by atoms with van der Waals surface area (Å²) in [5.41, 5.74) is -0.755. The minimum atomic E-state index is -0.755. The SMILES string of the molecule is CN(C(=O)COC(=O)/C=C/c1cccs1)C1(C#N)CCCCC1. The van der Waals surface area contributed by atoms with E-state index in [1.54, 1.807) is 13.1 Å². The number of rotatable bonds is 5. The Morgan fingerprint density at radius 2 is 2.17 bits per heavy atom. The van der Waals surface area contributed by atoms with Crippen molar-refractivity contribution in [1.82, 2.24) is 4.90 Å². The van der Waals surface area contributed by atoms with Crippen LogP contribution in [0.1, 0.15) is 37.0 Å². The molecule has 1 amide bonds. The van der Waals surface area contributed by atoms with E-state index in [9.17, 15) is 14.9 Å². The lowest BCUT2D eigenvalue weighted by Gasteiger charge is -2.38. The maximum absolute atomic E-state index is 12.2. The molecule has 0 saturated heterocycles. The molecule has 0 N–H and O–H groups in total. The van der Waals surface area contributed by atoms with E-state index in [2.05, 4.69) is 6.07 Å². The molecule has 0 aromatic carbocycles. The van der Waals surface area contributed by atoms with E-state index in [0.29, 0.717) is 12.8 Å². The highest BCUT2D eigenvalue weighted by Crippen LogP contribution is 2.32. The van der Waals surface area contributed by atoms with Crippen LogP contribution in [0.4, 0.5) is 0 Å². The molecule has 1 saturated carbocycles.